The van der Waals surface area contributed by atoms with Crippen LogP contribution in [0.15, 0.2) is 48.5 Å². The first-order chi connectivity index (χ1) is 10.6. The van der Waals surface area contributed by atoms with Gasteiger partial charge < -0.3 is 0 Å². The summed E-state index contributed by atoms with van der Waals surface area (Å²) in [5.74, 6) is -0.634. The molecular formula is C15H11FN2O3S. The minimum Gasteiger partial charge on any atom is -0.292 e. The number of benzene rings is 2. The molecule has 2 aromatic rings. The molecule has 2 aromatic carbocycles. The fraction of sp³-hybridized carbons (Fsp3) is 0.133. The predicted octanol–water partition coefficient (Wildman–Crippen LogP) is 3.51. The molecule has 0 spiro atoms. The van der Waals surface area contributed by atoms with Gasteiger partial charge in [0.05, 0.1) is 21.9 Å². The average molecular weight is 318 g/mol. The first kappa shape index (κ1) is 14.5. The van der Waals surface area contributed by atoms with Gasteiger partial charge in [0.25, 0.3) is 5.69 Å². The quantitative estimate of drug-likeness (QED) is 0.642. The van der Waals surface area contributed by atoms with E-state index in [4.69, 9.17) is 0 Å². The molecule has 3 rings (SSSR count). The third-order valence-corrected chi connectivity index (χ3v) is 4.57. The van der Waals surface area contributed by atoms with Crippen LogP contribution >= 0.6 is 11.8 Å². The number of hydrogen-bond acceptors (Lipinski definition) is 4. The summed E-state index contributed by atoms with van der Waals surface area (Å²) >= 11 is 1.25. The molecule has 0 aromatic heterocycles. The maximum Gasteiger partial charge on any atom is 0.275 e. The normalized spacial score (nSPS) is 17.8. The van der Waals surface area contributed by atoms with Crippen molar-refractivity contribution in [3.05, 3.63) is 70.0 Å². The van der Waals surface area contributed by atoms with Crippen molar-refractivity contribution in [3.8, 4) is 0 Å². The smallest absolute Gasteiger partial charge is 0.275 e. The van der Waals surface area contributed by atoms with Crippen molar-refractivity contribution in [1.82, 2.24) is 0 Å². The largest absolute Gasteiger partial charge is 0.292 e. The third-order valence-electron chi connectivity index (χ3n) is 3.38. The van der Waals surface area contributed by atoms with Gasteiger partial charge in [0.15, 0.2) is 0 Å². The van der Waals surface area contributed by atoms with E-state index in [0.717, 1.165) is 0 Å². The Kier molecular flexibility index (Phi) is 3.81. The standard InChI is InChI=1S/C15H11FN2O3S/c16-11-6-2-4-8-13(11)17-14(19)9-22-15(17)10-5-1-3-7-12(10)18(20)21/h1-8,15H,9H2/t15-/m1/s1. The lowest BCUT2D eigenvalue weighted by Gasteiger charge is -2.24. The molecule has 22 heavy (non-hydrogen) atoms. The van der Waals surface area contributed by atoms with Gasteiger partial charge in [-0.05, 0) is 18.2 Å². The van der Waals surface area contributed by atoms with Crippen molar-refractivity contribution in [1.29, 1.82) is 0 Å². The van der Waals surface area contributed by atoms with Gasteiger partial charge >= 0.3 is 0 Å². The van der Waals surface area contributed by atoms with Gasteiger partial charge in [0.1, 0.15) is 11.2 Å². The van der Waals surface area contributed by atoms with Crippen molar-refractivity contribution >= 4 is 29.0 Å². The predicted molar refractivity (Wildman–Crippen MR) is 82.2 cm³/mol. The fourth-order valence-electron chi connectivity index (χ4n) is 2.42. The number of anilines is 1. The van der Waals surface area contributed by atoms with Crippen LogP contribution in [0.3, 0.4) is 0 Å². The molecule has 5 nitrogen and oxygen atoms in total. The summed E-state index contributed by atoms with van der Waals surface area (Å²) in [4.78, 5) is 24.2. The van der Waals surface area contributed by atoms with Crippen LogP contribution < -0.4 is 4.90 Å². The number of amides is 1. The zero-order valence-electron chi connectivity index (χ0n) is 11.3. The third kappa shape index (κ3) is 2.43. The molecule has 1 aliphatic rings. The van der Waals surface area contributed by atoms with E-state index in [-0.39, 0.29) is 23.0 Å². The van der Waals surface area contributed by atoms with Crippen molar-refractivity contribution in [2.45, 2.75) is 5.37 Å². The minimum atomic E-state index is -0.606. The molecule has 1 saturated heterocycles. The van der Waals surface area contributed by atoms with Gasteiger partial charge in [-0.25, -0.2) is 4.39 Å². The van der Waals surface area contributed by atoms with E-state index in [1.165, 1.54) is 40.9 Å². The number of para-hydroxylation sites is 2. The molecule has 0 unspecified atom stereocenters. The molecule has 1 aliphatic heterocycles. The number of thioether (sulfide) groups is 1. The van der Waals surface area contributed by atoms with E-state index < -0.39 is 16.1 Å². The molecule has 0 radical (unpaired) electrons. The Morgan fingerprint density at radius 2 is 1.86 bits per heavy atom. The maximum absolute atomic E-state index is 14.0. The van der Waals surface area contributed by atoms with Crippen LogP contribution in [0, 0.1) is 15.9 Å². The Morgan fingerprint density at radius 3 is 2.59 bits per heavy atom. The second-order valence-electron chi connectivity index (χ2n) is 4.69. The molecule has 112 valence electrons. The van der Waals surface area contributed by atoms with Crippen LogP contribution in [-0.4, -0.2) is 16.6 Å². The number of halogens is 1. The number of nitro benzene ring substituents is 1. The van der Waals surface area contributed by atoms with Crippen molar-refractivity contribution in [3.63, 3.8) is 0 Å². The van der Waals surface area contributed by atoms with E-state index in [2.05, 4.69) is 0 Å². The maximum atomic E-state index is 14.0. The number of rotatable bonds is 3. The van der Waals surface area contributed by atoms with Gasteiger partial charge in [-0.1, -0.05) is 24.3 Å². The van der Waals surface area contributed by atoms with Gasteiger partial charge in [0.2, 0.25) is 5.91 Å². The lowest BCUT2D eigenvalue weighted by molar-refractivity contribution is -0.385. The van der Waals surface area contributed by atoms with E-state index in [9.17, 15) is 19.3 Å². The second kappa shape index (κ2) is 5.76. The number of nitro groups is 1. The van der Waals surface area contributed by atoms with Gasteiger partial charge in [-0.2, -0.15) is 0 Å². The van der Waals surface area contributed by atoms with E-state index in [0.29, 0.717) is 5.56 Å². The summed E-state index contributed by atoms with van der Waals surface area (Å²) in [6, 6.07) is 12.2. The highest BCUT2D eigenvalue weighted by Crippen LogP contribution is 2.45. The molecule has 7 heteroatoms. The molecular weight excluding hydrogens is 307 g/mol. The highest BCUT2D eigenvalue weighted by atomic mass is 32.2. The van der Waals surface area contributed by atoms with Crippen LogP contribution in [-0.2, 0) is 4.79 Å². The molecule has 0 bridgehead atoms. The minimum absolute atomic E-state index is 0.0731. The first-order valence-corrected chi connectivity index (χ1v) is 7.56. The van der Waals surface area contributed by atoms with E-state index in [1.807, 2.05) is 0 Å². The highest BCUT2D eigenvalue weighted by Gasteiger charge is 2.38. The van der Waals surface area contributed by atoms with E-state index >= 15 is 0 Å². The lowest BCUT2D eigenvalue weighted by Crippen LogP contribution is -2.29. The molecule has 1 atom stereocenters. The van der Waals surface area contributed by atoms with Crippen LogP contribution in [0.2, 0.25) is 0 Å². The average Bonchev–Trinajstić information content (AvgIpc) is 2.89. The summed E-state index contributed by atoms with van der Waals surface area (Å²) < 4.78 is 14.0. The second-order valence-corrected chi connectivity index (χ2v) is 5.76. The summed E-state index contributed by atoms with van der Waals surface area (Å²) in [6.45, 7) is 0. The molecule has 1 fully saturated rings. The van der Waals surface area contributed by atoms with Crippen LogP contribution in [0.1, 0.15) is 10.9 Å². The SMILES string of the molecule is O=C1CS[C@H](c2ccccc2[N+](=O)[O-])N1c1ccccc1F. The van der Waals surface area contributed by atoms with Crippen molar-refractivity contribution in [2.24, 2.45) is 0 Å². The summed E-state index contributed by atoms with van der Waals surface area (Å²) in [6.07, 6.45) is 0. The van der Waals surface area contributed by atoms with Crippen molar-refractivity contribution < 1.29 is 14.1 Å². The summed E-state index contributed by atoms with van der Waals surface area (Å²) in [7, 11) is 0. The Bertz CT molecular complexity index is 753. The fourth-order valence-corrected chi connectivity index (χ4v) is 3.62. The topological polar surface area (TPSA) is 63.4 Å². The molecule has 1 heterocycles. The zero-order chi connectivity index (χ0) is 15.7. The Labute approximate surface area is 129 Å². The zero-order valence-corrected chi connectivity index (χ0v) is 12.1. The number of hydrogen-bond donors (Lipinski definition) is 0. The molecule has 1 amide bonds. The van der Waals surface area contributed by atoms with Crippen LogP contribution in [0.5, 0.6) is 0 Å². The van der Waals surface area contributed by atoms with Crippen LogP contribution in [0.4, 0.5) is 15.8 Å². The molecule has 0 N–H and O–H groups in total. The Hall–Kier alpha value is -2.41. The van der Waals surface area contributed by atoms with Gasteiger partial charge in [0, 0.05) is 6.07 Å². The Morgan fingerprint density at radius 1 is 1.18 bits per heavy atom. The lowest BCUT2D eigenvalue weighted by atomic mass is 10.1. The number of carbonyl (C=O) groups is 1. The monoisotopic (exact) mass is 318 g/mol. The summed E-state index contributed by atoms with van der Waals surface area (Å²) in [5, 5.41) is 10.6. The highest BCUT2D eigenvalue weighted by molar-refractivity contribution is 8.00. The number of nitrogens with zero attached hydrogens (tertiary/aromatic N) is 2. The van der Waals surface area contributed by atoms with Crippen LogP contribution in [0.25, 0.3) is 0 Å². The van der Waals surface area contributed by atoms with Gasteiger partial charge in [-0.15, -0.1) is 11.8 Å². The first-order valence-electron chi connectivity index (χ1n) is 6.51. The van der Waals surface area contributed by atoms with E-state index in [1.54, 1.807) is 24.3 Å². The Balaban J connectivity index is 2.09. The molecule has 0 aliphatic carbocycles. The van der Waals surface area contributed by atoms with Gasteiger partial charge in [-0.3, -0.25) is 19.8 Å². The van der Waals surface area contributed by atoms with Crippen molar-refractivity contribution in [2.75, 3.05) is 10.7 Å². The molecule has 0 saturated carbocycles. The number of carbonyl (C=O) groups excluding carboxylic acids is 1. The summed E-state index contributed by atoms with van der Waals surface area (Å²) in [5.41, 5.74) is 0.461.